The lowest BCUT2D eigenvalue weighted by Gasteiger charge is -2.28. The van der Waals surface area contributed by atoms with Crippen molar-refractivity contribution in [3.8, 4) is 0 Å². The van der Waals surface area contributed by atoms with Crippen LogP contribution in [0.15, 0.2) is 54.6 Å². The van der Waals surface area contributed by atoms with Gasteiger partial charge in [0.2, 0.25) is 5.91 Å². The summed E-state index contributed by atoms with van der Waals surface area (Å²) in [6.07, 6.45) is 4.31. The average molecular weight is 350 g/mol. The van der Waals surface area contributed by atoms with E-state index >= 15 is 0 Å². The van der Waals surface area contributed by atoms with E-state index in [9.17, 15) is 9.59 Å². The Balaban J connectivity index is 1.70. The number of amides is 2. The molecule has 0 saturated heterocycles. The van der Waals surface area contributed by atoms with E-state index in [2.05, 4.69) is 5.32 Å². The molecule has 1 saturated carbocycles. The monoisotopic (exact) mass is 350 g/mol. The summed E-state index contributed by atoms with van der Waals surface area (Å²) >= 11 is 0. The third-order valence-electron chi connectivity index (χ3n) is 5.30. The van der Waals surface area contributed by atoms with Gasteiger partial charge in [0.1, 0.15) is 0 Å². The number of rotatable bonds is 5. The number of nitrogens with zero attached hydrogens (tertiary/aromatic N) is 1. The minimum Gasteiger partial charge on any atom is -0.339 e. The molecular weight excluding hydrogens is 324 g/mol. The molecule has 0 spiro atoms. The van der Waals surface area contributed by atoms with Gasteiger partial charge in [0.15, 0.2) is 0 Å². The van der Waals surface area contributed by atoms with Crippen LogP contribution in [0.25, 0.3) is 0 Å². The number of carbonyl (C=O) groups excluding carboxylic acids is 2. The van der Waals surface area contributed by atoms with Crippen molar-refractivity contribution >= 4 is 17.5 Å². The lowest BCUT2D eigenvalue weighted by atomic mass is 10.0. The van der Waals surface area contributed by atoms with Crippen molar-refractivity contribution in [2.45, 2.75) is 38.6 Å². The van der Waals surface area contributed by atoms with Gasteiger partial charge in [-0.25, -0.2) is 0 Å². The van der Waals surface area contributed by atoms with Gasteiger partial charge in [-0.3, -0.25) is 9.59 Å². The molecule has 1 aliphatic rings. The highest BCUT2D eigenvalue weighted by Gasteiger charge is 2.28. The van der Waals surface area contributed by atoms with Gasteiger partial charge in [-0.1, -0.05) is 43.2 Å². The van der Waals surface area contributed by atoms with E-state index in [0.29, 0.717) is 5.56 Å². The van der Waals surface area contributed by atoms with Gasteiger partial charge in [0, 0.05) is 24.2 Å². The summed E-state index contributed by atoms with van der Waals surface area (Å²) in [5, 5.41) is 2.93. The Morgan fingerprint density at radius 3 is 2.42 bits per heavy atom. The summed E-state index contributed by atoms with van der Waals surface area (Å²) in [5.41, 5.74) is 2.38. The predicted octanol–water partition coefficient (Wildman–Crippen LogP) is 4.65. The second-order valence-corrected chi connectivity index (χ2v) is 7.05. The fourth-order valence-corrected chi connectivity index (χ4v) is 3.54. The maximum absolute atomic E-state index is 12.7. The van der Waals surface area contributed by atoms with Crippen molar-refractivity contribution < 1.29 is 9.59 Å². The number of nitrogens with one attached hydrogen (secondary N) is 1. The van der Waals surface area contributed by atoms with Crippen LogP contribution in [0.4, 0.5) is 5.69 Å². The van der Waals surface area contributed by atoms with Crippen molar-refractivity contribution in [2.24, 2.45) is 5.92 Å². The zero-order chi connectivity index (χ0) is 18.5. The topological polar surface area (TPSA) is 49.4 Å². The maximum Gasteiger partial charge on any atom is 0.255 e. The van der Waals surface area contributed by atoms with Crippen LogP contribution in [0.5, 0.6) is 0 Å². The van der Waals surface area contributed by atoms with Gasteiger partial charge in [-0.15, -0.1) is 0 Å². The highest BCUT2D eigenvalue weighted by Crippen LogP contribution is 2.30. The van der Waals surface area contributed by atoms with E-state index in [1.54, 1.807) is 12.1 Å². The summed E-state index contributed by atoms with van der Waals surface area (Å²) in [5.74, 6) is 0.267. The molecule has 0 unspecified atom stereocenters. The zero-order valence-corrected chi connectivity index (χ0v) is 15.4. The van der Waals surface area contributed by atoms with Crippen LogP contribution in [0.2, 0.25) is 0 Å². The number of carbonyl (C=O) groups is 2. The predicted molar refractivity (Wildman–Crippen MR) is 104 cm³/mol. The summed E-state index contributed by atoms with van der Waals surface area (Å²) < 4.78 is 0. The fraction of sp³-hybridized carbons (Fsp3) is 0.364. The van der Waals surface area contributed by atoms with Gasteiger partial charge in [0.05, 0.1) is 6.04 Å². The van der Waals surface area contributed by atoms with Gasteiger partial charge in [-0.2, -0.15) is 0 Å². The maximum atomic E-state index is 12.7. The first-order valence-corrected chi connectivity index (χ1v) is 9.29. The second kappa shape index (κ2) is 8.17. The Hall–Kier alpha value is -2.62. The molecule has 0 radical (unpaired) electrons. The Bertz CT molecular complexity index is 767. The summed E-state index contributed by atoms with van der Waals surface area (Å²) in [7, 11) is 1.88. The van der Waals surface area contributed by atoms with E-state index in [1.807, 2.05) is 61.3 Å². The van der Waals surface area contributed by atoms with Gasteiger partial charge in [0.25, 0.3) is 5.91 Å². The minimum absolute atomic E-state index is 0.0309. The lowest BCUT2D eigenvalue weighted by Crippen LogP contribution is -2.34. The largest absolute Gasteiger partial charge is 0.339 e. The molecule has 2 aromatic carbocycles. The van der Waals surface area contributed by atoms with E-state index in [0.717, 1.165) is 36.9 Å². The highest BCUT2D eigenvalue weighted by atomic mass is 16.2. The van der Waals surface area contributed by atoms with Gasteiger partial charge >= 0.3 is 0 Å². The molecule has 4 nitrogen and oxygen atoms in total. The third-order valence-corrected chi connectivity index (χ3v) is 5.30. The number of benzene rings is 2. The molecule has 2 amide bonds. The first-order chi connectivity index (χ1) is 12.6. The molecule has 1 N–H and O–H groups in total. The minimum atomic E-state index is -0.134. The van der Waals surface area contributed by atoms with Crippen LogP contribution < -0.4 is 5.32 Å². The van der Waals surface area contributed by atoms with Gasteiger partial charge in [-0.05, 0) is 49.6 Å². The first kappa shape index (κ1) is 18.2. The van der Waals surface area contributed by atoms with E-state index in [-0.39, 0.29) is 23.8 Å². The Morgan fingerprint density at radius 2 is 1.73 bits per heavy atom. The van der Waals surface area contributed by atoms with E-state index in [1.165, 1.54) is 0 Å². The summed E-state index contributed by atoms with van der Waals surface area (Å²) in [6.45, 7) is 2.03. The highest BCUT2D eigenvalue weighted by molar-refractivity contribution is 6.04. The molecule has 0 bridgehead atoms. The number of anilines is 1. The van der Waals surface area contributed by atoms with E-state index < -0.39 is 0 Å². The molecule has 1 aliphatic carbocycles. The fourth-order valence-electron chi connectivity index (χ4n) is 3.54. The summed E-state index contributed by atoms with van der Waals surface area (Å²) in [6, 6.07) is 16.9. The normalized spacial score (nSPS) is 15.5. The zero-order valence-electron chi connectivity index (χ0n) is 15.4. The number of hydrogen-bond donors (Lipinski definition) is 1. The quantitative estimate of drug-likeness (QED) is 0.853. The molecule has 26 heavy (non-hydrogen) atoms. The third kappa shape index (κ3) is 4.13. The molecule has 0 aliphatic heterocycles. The van der Waals surface area contributed by atoms with Crippen LogP contribution in [-0.4, -0.2) is 23.8 Å². The van der Waals surface area contributed by atoms with Crippen molar-refractivity contribution in [3.63, 3.8) is 0 Å². The Morgan fingerprint density at radius 1 is 1.04 bits per heavy atom. The molecule has 4 heteroatoms. The van der Waals surface area contributed by atoms with Crippen molar-refractivity contribution in [3.05, 3.63) is 65.7 Å². The van der Waals surface area contributed by atoms with Crippen LogP contribution >= 0.6 is 0 Å². The Kier molecular flexibility index (Phi) is 5.71. The lowest BCUT2D eigenvalue weighted by molar-refractivity contribution is -0.135. The van der Waals surface area contributed by atoms with Crippen LogP contribution in [-0.2, 0) is 4.79 Å². The van der Waals surface area contributed by atoms with Crippen LogP contribution in [0.1, 0.15) is 54.6 Å². The second-order valence-electron chi connectivity index (χ2n) is 7.05. The van der Waals surface area contributed by atoms with Gasteiger partial charge < -0.3 is 10.2 Å². The molecule has 2 aromatic rings. The average Bonchev–Trinajstić information content (AvgIpc) is 3.22. The SMILES string of the molecule is C[C@H](c1cccc(NC(=O)c2ccccc2)c1)N(C)C(=O)C1CCCC1. The molecular formula is C22H26N2O2. The molecule has 1 atom stereocenters. The smallest absolute Gasteiger partial charge is 0.255 e. The first-order valence-electron chi connectivity index (χ1n) is 9.29. The van der Waals surface area contributed by atoms with Crippen molar-refractivity contribution in [1.82, 2.24) is 4.90 Å². The molecule has 0 heterocycles. The standard InChI is InChI=1S/C22H26N2O2/c1-16(24(2)22(26)18-11-6-7-12-18)19-13-8-14-20(15-19)23-21(25)17-9-4-3-5-10-17/h3-5,8-10,13-16,18H,6-7,11-12H2,1-2H3,(H,23,25)/t16-/m1/s1. The Labute approximate surface area is 155 Å². The van der Waals surface area contributed by atoms with Crippen LogP contribution in [0.3, 0.4) is 0 Å². The number of hydrogen-bond acceptors (Lipinski definition) is 2. The van der Waals surface area contributed by atoms with E-state index in [4.69, 9.17) is 0 Å². The van der Waals surface area contributed by atoms with Crippen LogP contribution in [0, 0.1) is 5.92 Å². The summed E-state index contributed by atoms with van der Waals surface area (Å²) in [4.78, 5) is 26.8. The molecule has 1 fully saturated rings. The van der Waals surface area contributed by atoms with Crippen molar-refractivity contribution in [1.29, 1.82) is 0 Å². The molecule has 0 aromatic heterocycles. The van der Waals surface area contributed by atoms with Crippen molar-refractivity contribution in [2.75, 3.05) is 12.4 Å². The molecule has 3 rings (SSSR count). The molecule has 136 valence electrons.